The molecule has 3 rings (SSSR count). The molecule has 1 N–H and O–H groups in total. The molecule has 5 heteroatoms. The fraction of sp³-hybridized carbons (Fsp3) is 0.750. The van der Waals surface area contributed by atoms with Crippen LogP contribution in [0.3, 0.4) is 0 Å². The van der Waals surface area contributed by atoms with Crippen molar-refractivity contribution < 1.29 is 4.74 Å². The molecule has 2 heterocycles. The summed E-state index contributed by atoms with van der Waals surface area (Å²) in [6.45, 7) is 7.05. The third kappa shape index (κ3) is 3.42. The monoisotopic (exact) mass is 290 g/mol. The molecule has 1 aliphatic heterocycles. The number of ether oxygens (including phenoxy) is 1. The smallest absolute Gasteiger partial charge is 0.158 e. The number of fused-ring (bicyclic) bond motifs is 1. The van der Waals surface area contributed by atoms with Crippen LogP contribution in [-0.4, -0.2) is 54.7 Å². The average molecular weight is 290 g/mol. The van der Waals surface area contributed by atoms with Crippen molar-refractivity contribution in [3.63, 3.8) is 0 Å². The molecule has 2 aliphatic rings. The Morgan fingerprint density at radius 2 is 2.38 bits per heavy atom. The van der Waals surface area contributed by atoms with E-state index in [0.29, 0.717) is 0 Å². The maximum atomic E-state index is 5.87. The Morgan fingerprint density at radius 1 is 1.48 bits per heavy atom. The summed E-state index contributed by atoms with van der Waals surface area (Å²) in [7, 11) is 2.02. The predicted molar refractivity (Wildman–Crippen MR) is 82.3 cm³/mol. The number of hydrogen-bond acceptors (Lipinski definition) is 5. The summed E-state index contributed by atoms with van der Waals surface area (Å²) in [5, 5.41) is 3.28. The second-order valence-electron chi connectivity index (χ2n) is 6.12. The predicted octanol–water partition coefficient (Wildman–Crippen LogP) is 1.19. The van der Waals surface area contributed by atoms with Gasteiger partial charge in [0.25, 0.3) is 0 Å². The van der Waals surface area contributed by atoms with Gasteiger partial charge in [0.15, 0.2) is 5.82 Å². The second kappa shape index (κ2) is 6.81. The number of rotatable bonds is 4. The SMILES string of the molecule is CCN1CCOC(c2ncc3c(n2)CCC(CNC)C3)C1. The highest BCUT2D eigenvalue weighted by molar-refractivity contribution is 5.22. The van der Waals surface area contributed by atoms with Crippen molar-refractivity contribution in [2.75, 3.05) is 39.8 Å². The van der Waals surface area contributed by atoms with Gasteiger partial charge in [-0.05, 0) is 50.9 Å². The van der Waals surface area contributed by atoms with Gasteiger partial charge in [-0.3, -0.25) is 4.90 Å². The lowest BCUT2D eigenvalue weighted by molar-refractivity contribution is -0.0327. The fourth-order valence-corrected chi connectivity index (χ4v) is 3.36. The molecule has 1 fully saturated rings. The highest BCUT2D eigenvalue weighted by atomic mass is 16.5. The zero-order chi connectivity index (χ0) is 14.7. The van der Waals surface area contributed by atoms with Crippen LogP contribution in [0.2, 0.25) is 0 Å². The third-order valence-electron chi connectivity index (χ3n) is 4.65. The summed E-state index contributed by atoms with van der Waals surface area (Å²) < 4.78 is 5.87. The number of aryl methyl sites for hydroxylation is 1. The van der Waals surface area contributed by atoms with E-state index in [1.54, 1.807) is 0 Å². The van der Waals surface area contributed by atoms with Crippen molar-refractivity contribution >= 4 is 0 Å². The minimum Gasteiger partial charge on any atom is -0.368 e. The van der Waals surface area contributed by atoms with Crippen molar-refractivity contribution in [1.82, 2.24) is 20.2 Å². The molecule has 0 radical (unpaired) electrons. The molecule has 0 saturated carbocycles. The van der Waals surface area contributed by atoms with Gasteiger partial charge < -0.3 is 10.1 Å². The van der Waals surface area contributed by atoms with Gasteiger partial charge in [-0.15, -0.1) is 0 Å². The first-order valence-corrected chi connectivity index (χ1v) is 8.13. The van der Waals surface area contributed by atoms with Crippen LogP contribution in [0.1, 0.15) is 36.5 Å². The van der Waals surface area contributed by atoms with E-state index >= 15 is 0 Å². The molecule has 0 aromatic carbocycles. The molecule has 0 bridgehead atoms. The standard InChI is InChI=1S/C16H26N4O/c1-3-20-6-7-21-15(11-20)16-18-10-13-8-12(9-17-2)4-5-14(13)19-16/h10,12,15,17H,3-9,11H2,1-2H3. The summed E-state index contributed by atoms with van der Waals surface area (Å²) in [4.78, 5) is 11.8. The topological polar surface area (TPSA) is 50.3 Å². The molecule has 0 amide bonds. The average Bonchev–Trinajstić information content (AvgIpc) is 2.55. The Kier molecular flexibility index (Phi) is 4.83. The first-order chi connectivity index (χ1) is 10.3. The summed E-state index contributed by atoms with van der Waals surface area (Å²) in [6.07, 6.45) is 5.47. The molecule has 1 aromatic rings. The molecular formula is C16H26N4O. The van der Waals surface area contributed by atoms with Crippen molar-refractivity contribution in [3.05, 3.63) is 23.3 Å². The van der Waals surface area contributed by atoms with Crippen LogP contribution < -0.4 is 5.32 Å². The van der Waals surface area contributed by atoms with Crippen LogP contribution in [-0.2, 0) is 17.6 Å². The van der Waals surface area contributed by atoms with Gasteiger partial charge in [-0.1, -0.05) is 6.92 Å². The Bertz CT molecular complexity index is 479. The number of nitrogens with zero attached hydrogens (tertiary/aromatic N) is 3. The zero-order valence-electron chi connectivity index (χ0n) is 13.1. The molecule has 116 valence electrons. The number of nitrogens with one attached hydrogen (secondary N) is 1. The molecule has 2 unspecified atom stereocenters. The molecule has 1 aromatic heterocycles. The minimum absolute atomic E-state index is 0.0408. The van der Waals surface area contributed by atoms with E-state index in [-0.39, 0.29) is 6.10 Å². The van der Waals surface area contributed by atoms with Crippen LogP contribution in [0.4, 0.5) is 0 Å². The highest BCUT2D eigenvalue weighted by Gasteiger charge is 2.26. The van der Waals surface area contributed by atoms with Crippen LogP contribution >= 0.6 is 0 Å². The summed E-state index contributed by atoms with van der Waals surface area (Å²) in [6, 6.07) is 0. The number of hydrogen-bond donors (Lipinski definition) is 1. The lowest BCUT2D eigenvalue weighted by atomic mass is 9.87. The normalized spacial score (nSPS) is 26.6. The summed E-state index contributed by atoms with van der Waals surface area (Å²) >= 11 is 0. The van der Waals surface area contributed by atoms with Gasteiger partial charge >= 0.3 is 0 Å². The Labute approximate surface area is 127 Å². The van der Waals surface area contributed by atoms with Crippen LogP contribution in [0.25, 0.3) is 0 Å². The van der Waals surface area contributed by atoms with E-state index in [1.807, 2.05) is 13.2 Å². The first-order valence-electron chi connectivity index (χ1n) is 8.13. The molecule has 0 spiro atoms. The lowest BCUT2D eigenvalue weighted by Crippen LogP contribution is -2.38. The molecule has 2 atom stereocenters. The molecular weight excluding hydrogens is 264 g/mol. The van der Waals surface area contributed by atoms with Crippen molar-refractivity contribution in [2.45, 2.75) is 32.3 Å². The van der Waals surface area contributed by atoms with Crippen molar-refractivity contribution in [2.24, 2.45) is 5.92 Å². The summed E-state index contributed by atoms with van der Waals surface area (Å²) in [5.41, 5.74) is 2.57. The highest BCUT2D eigenvalue weighted by Crippen LogP contribution is 2.26. The fourth-order valence-electron chi connectivity index (χ4n) is 3.36. The third-order valence-corrected chi connectivity index (χ3v) is 4.65. The minimum atomic E-state index is 0.0408. The van der Waals surface area contributed by atoms with E-state index in [1.165, 1.54) is 17.7 Å². The van der Waals surface area contributed by atoms with Crippen LogP contribution in [0.5, 0.6) is 0 Å². The molecule has 21 heavy (non-hydrogen) atoms. The van der Waals surface area contributed by atoms with Gasteiger partial charge in [-0.25, -0.2) is 9.97 Å². The first kappa shape index (κ1) is 14.9. The van der Waals surface area contributed by atoms with E-state index in [4.69, 9.17) is 9.72 Å². The molecule has 1 aliphatic carbocycles. The Morgan fingerprint density at radius 3 is 3.19 bits per heavy atom. The zero-order valence-corrected chi connectivity index (χ0v) is 13.1. The largest absolute Gasteiger partial charge is 0.368 e. The molecule has 1 saturated heterocycles. The Balaban J connectivity index is 1.71. The number of aromatic nitrogens is 2. The quantitative estimate of drug-likeness (QED) is 0.903. The Hall–Kier alpha value is -1.04. The molecule has 5 nitrogen and oxygen atoms in total. The van der Waals surface area contributed by atoms with Crippen LogP contribution in [0.15, 0.2) is 6.20 Å². The lowest BCUT2D eigenvalue weighted by Gasteiger charge is -2.31. The number of morpholine rings is 1. The van der Waals surface area contributed by atoms with Crippen molar-refractivity contribution in [1.29, 1.82) is 0 Å². The van der Waals surface area contributed by atoms with E-state index in [2.05, 4.69) is 22.1 Å². The van der Waals surface area contributed by atoms with Gasteiger partial charge in [0.2, 0.25) is 0 Å². The second-order valence-corrected chi connectivity index (χ2v) is 6.12. The van der Waals surface area contributed by atoms with Gasteiger partial charge in [0.1, 0.15) is 6.10 Å². The van der Waals surface area contributed by atoms with E-state index in [0.717, 1.165) is 57.4 Å². The van der Waals surface area contributed by atoms with Crippen LogP contribution in [0, 0.1) is 5.92 Å². The van der Waals surface area contributed by atoms with E-state index in [9.17, 15) is 0 Å². The van der Waals surface area contributed by atoms with E-state index < -0.39 is 0 Å². The number of likely N-dealkylation sites (N-methyl/N-ethyl adjacent to an activating group) is 1. The maximum Gasteiger partial charge on any atom is 0.158 e. The van der Waals surface area contributed by atoms with Gasteiger partial charge in [0, 0.05) is 25.0 Å². The van der Waals surface area contributed by atoms with Gasteiger partial charge in [-0.2, -0.15) is 0 Å². The summed E-state index contributed by atoms with van der Waals surface area (Å²) in [5.74, 6) is 1.59. The maximum absolute atomic E-state index is 5.87. The van der Waals surface area contributed by atoms with Crippen molar-refractivity contribution in [3.8, 4) is 0 Å². The van der Waals surface area contributed by atoms with Gasteiger partial charge in [0.05, 0.1) is 6.61 Å².